The summed E-state index contributed by atoms with van der Waals surface area (Å²) in [7, 11) is 0. The third kappa shape index (κ3) is 6.11. The van der Waals surface area contributed by atoms with E-state index in [4.69, 9.17) is 4.74 Å². The first kappa shape index (κ1) is 24.8. The van der Waals surface area contributed by atoms with Gasteiger partial charge in [0.15, 0.2) is 5.76 Å². The average molecular weight is 495 g/mol. The van der Waals surface area contributed by atoms with Crippen LogP contribution in [0.25, 0.3) is 6.08 Å². The van der Waals surface area contributed by atoms with Crippen LogP contribution in [0.4, 0.5) is 0 Å². The zero-order chi connectivity index (χ0) is 25.6. The van der Waals surface area contributed by atoms with Gasteiger partial charge in [0.25, 0.3) is 11.8 Å². The van der Waals surface area contributed by atoms with Crippen LogP contribution >= 0.6 is 0 Å². The Bertz CT molecular complexity index is 1250. The van der Waals surface area contributed by atoms with Crippen molar-refractivity contribution in [3.63, 3.8) is 0 Å². The van der Waals surface area contributed by atoms with Crippen LogP contribution in [0, 0.1) is 6.92 Å². The van der Waals surface area contributed by atoms with E-state index in [1.165, 1.54) is 11.1 Å². The molecule has 2 amide bonds. The van der Waals surface area contributed by atoms with Gasteiger partial charge in [-0.2, -0.15) is 0 Å². The number of fused-ring (bicyclic) bond motifs is 1. The second kappa shape index (κ2) is 11.5. The molecule has 1 saturated carbocycles. The molecule has 0 aromatic heterocycles. The van der Waals surface area contributed by atoms with E-state index < -0.39 is 0 Å². The van der Waals surface area contributed by atoms with E-state index >= 15 is 0 Å². The van der Waals surface area contributed by atoms with Gasteiger partial charge >= 0.3 is 0 Å². The topological polar surface area (TPSA) is 58.6 Å². The second-order valence-electron chi connectivity index (χ2n) is 10.0. The van der Waals surface area contributed by atoms with Gasteiger partial charge in [0, 0.05) is 18.7 Å². The van der Waals surface area contributed by atoms with E-state index in [9.17, 15) is 9.59 Å². The fourth-order valence-electron chi connectivity index (χ4n) is 5.20. The Labute approximate surface area is 219 Å². The Balaban J connectivity index is 1.26. The predicted molar refractivity (Wildman–Crippen MR) is 146 cm³/mol. The third-order valence-corrected chi connectivity index (χ3v) is 7.30. The zero-order valence-corrected chi connectivity index (χ0v) is 21.4. The first-order valence-electron chi connectivity index (χ1n) is 13.2. The maximum absolute atomic E-state index is 13.5. The first-order chi connectivity index (χ1) is 18.1. The summed E-state index contributed by atoms with van der Waals surface area (Å²) in [6, 6.07) is 25.9. The predicted octanol–water partition coefficient (Wildman–Crippen LogP) is 5.68. The molecule has 1 aliphatic carbocycles. The largest absolute Gasteiger partial charge is 0.482 e. The van der Waals surface area contributed by atoms with Crippen molar-refractivity contribution >= 4 is 17.9 Å². The highest BCUT2D eigenvalue weighted by molar-refractivity contribution is 5.97. The Morgan fingerprint density at radius 3 is 2.43 bits per heavy atom. The molecule has 2 aliphatic rings. The molecule has 2 fully saturated rings. The minimum atomic E-state index is -0.102. The number of aryl methyl sites for hydroxylation is 1. The molecule has 3 aromatic rings. The lowest BCUT2D eigenvalue weighted by Crippen LogP contribution is -2.54. The number of carbonyl (C=O) groups is 2. The molecular formula is C32H34N2O3. The minimum Gasteiger partial charge on any atom is -0.482 e. The van der Waals surface area contributed by atoms with Gasteiger partial charge in [0.05, 0.1) is 6.04 Å². The lowest BCUT2D eigenvalue weighted by atomic mass is 9.89. The Hall–Kier alpha value is -3.86. The van der Waals surface area contributed by atoms with Gasteiger partial charge in [-0.15, -0.1) is 0 Å². The molecule has 5 heteroatoms. The van der Waals surface area contributed by atoms with Gasteiger partial charge in [0.2, 0.25) is 0 Å². The molecule has 1 heterocycles. The number of morpholine rings is 1. The van der Waals surface area contributed by atoms with Crippen LogP contribution in [0.1, 0.15) is 58.3 Å². The summed E-state index contributed by atoms with van der Waals surface area (Å²) in [5.74, 6) is 0.219. The van der Waals surface area contributed by atoms with E-state index in [-0.39, 0.29) is 24.0 Å². The molecule has 1 aliphatic heterocycles. The van der Waals surface area contributed by atoms with Crippen LogP contribution in [0.15, 0.2) is 84.6 Å². The molecule has 190 valence electrons. The van der Waals surface area contributed by atoms with E-state index in [0.29, 0.717) is 24.4 Å². The van der Waals surface area contributed by atoms with Crippen molar-refractivity contribution in [2.75, 3.05) is 6.54 Å². The van der Waals surface area contributed by atoms with Crippen molar-refractivity contribution < 1.29 is 14.3 Å². The number of carbonyl (C=O) groups excluding carboxylic acids is 2. The van der Waals surface area contributed by atoms with Crippen molar-refractivity contribution in [3.05, 3.63) is 112 Å². The lowest BCUT2D eigenvalue weighted by molar-refractivity contribution is -0.149. The van der Waals surface area contributed by atoms with E-state index in [1.54, 1.807) is 12.1 Å². The molecule has 5 nitrogen and oxygen atoms in total. The Morgan fingerprint density at radius 2 is 1.68 bits per heavy atom. The molecule has 0 radical (unpaired) electrons. The highest BCUT2D eigenvalue weighted by Gasteiger charge is 2.41. The smallest absolute Gasteiger partial charge is 0.289 e. The summed E-state index contributed by atoms with van der Waals surface area (Å²) < 4.78 is 6.26. The number of nitrogens with zero attached hydrogens (tertiary/aromatic N) is 1. The van der Waals surface area contributed by atoms with Crippen molar-refractivity contribution in [3.8, 4) is 0 Å². The Morgan fingerprint density at radius 1 is 0.946 bits per heavy atom. The summed E-state index contributed by atoms with van der Waals surface area (Å²) >= 11 is 0. The van der Waals surface area contributed by atoms with Gasteiger partial charge < -0.3 is 15.0 Å². The van der Waals surface area contributed by atoms with Crippen LogP contribution in [-0.4, -0.2) is 35.4 Å². The fraction of sp³-hybridized carbons (Fsp3) is 0.312. The number of hydrogen-bond donors (Lipinski definition) is 1. The van der Waals surface area contributed by atoms with Crippen LogP contribution in [0.2, 0.25) is 0 Å². The van der Waals surface area contributed by atoms with Crippen molar-refractivity contribution in [1.29, 1.82) is 0 Å². The number of amides is 2. The molecule has 0 spiro atoms. The standard InChI is InChI=1S/C32H34N2O3/c1-23-11-13-26(14-12-23)22-34-28-9-5-6-10-29(28)37-30(32(34)36)21-25-15-17-27(18-16-25)31(35)33-20-19-24-7-3-2-4-8-24/h2-4,7-8,11-18,21,28-29H,5-6,9-10,19-20,22H2,1H3,(H,33,35)/b30-21+. The number of hydrogen-bond acceptors (Lipinski definition) is 3. The SMILES string of the molecule is Cc1ccc(CN2C(=O)/C(=C\c3ccc(C(=O)NCCc4ccccc4)cc3)OC3CCCCC32)cc1. The molecular weight excluding hydrogens is 460 g/mol. The van der Waals surface area contributed by atoms with Gasteiger partial charge in [-0.3, -0.25) is 9.59 Å². The van der Waals surface area contributed by atoms with E-state index in [1.807, 2.05) is 41.3 Å². The number of ether oxygens (including phenoxy) is 1. The summed E-state index contributed by atoms with van der Waals surface area (Å²) in [5, 5.41) is 2.98. The van der Waals surface area contributed by atoms with Crippen LogP contribution in [0.5, 0.6) is 0 Å². The van der Waals surface area contributed by atoms with Crippen LogP contribution < -0.4 is 5.32 Å². The molecule has 5 rings (SSSR count). The molecule has 37 heavy (non-hydrogen) atoms. The highest BCUT2D eigenvalue weighted by Crippen LogP contribution is 2.34. The summed E-state index contributed by atoms with van der Waals surface area (Å²) in [6.07, 6.45) is 6.80. The third-order valence-electron chi connectivity index (χ3n) is 7.30. The van der Waals surface area contributed by atoms with Gasteiger partial charge in [0.1, 0.15) is 6.10 Å². The summed E-state index contributed by atoms with van der Waals surface area (Å²) in [5.41, 5.74) is 4.97. The van der Waals surface area contributed by atoms with Crippen LogP contribution in [-0.2, 0) is 22.5 Å². The average Bonchev–Trinajstić information content (AvgIpc) is 2.93. The van der Waals surface area contributed by atoms with E-state index in [2.05, 4.69) is 48.6 Å². The molecule has 1 saturated heterocycles. The molecule has 2 atom stereocenters. The van der Waals surface area contributed by atoms with Gasteiger partial charge in [-0.1, -0.05) is 78.7 Å². The maximum Gasteiger partial charge on any atom is 0.289 e. The van der Waals surface area contributed by atoms with Crippen molar-refractivity contribution in [2.45, 2.75) is 57.7 Å². The summed E-state index contributed by atoms with van der Waals surface area (Å²) in [6.45, 7) is 3.24. The van der Waals surface area contributed by atoms with Gasteiger partial charge in [-0.25, -0.2) is 0 Å². The highest BCUT2D eigenvalue weighted by atomic mass is 16.5. The van der Waals surface area contributed by atoms with Crippen LogP contribution in [0.3, 0.4) is 0 Å². The number of benzene rings is 3. The quantitative estimate of drug-likeness (QED) is 0.430. The molecule has 1 N–H and O–H groups in total. The number of rotatable bonds is 7. The molecule has 3 aromatic carbocycles. The van der Waals surface area contributed by atoms with Gasteiger partial charge in [-0.05, 0) is 67.5 Å². The van der Waals surface area contributed by atoms with Crippen molar-refractivity contribution in [1.82, 2.24) is 10.2 Å². The number of nitrogens with one attached hydrogen (secondary N) is 1. The normalized spacial score (nSPS) is 20.3. The monoisotopic (exact) mass is 494 g/mol. The minimum absolute atomic E-state index is 0.0258. The molecule has 2 unspecified atom stereocenters. The lowest BCUT2D eigenvalue weighted by Gasteiger charge is -2.44. The maximum atomic E-state index is 13.5. The Kier molecular flexibility index (Phi) is 7.69. The summed E-state index contributed by atoms with van der Waals surface area (Å²) in [4.78, 5) is 28.1. The van der Waals surface area contributed by atoms with Crippen molar-refractivity contribution in [2.24, 2.45) is 0 Å². The first-order valence-corrected chi connectivity index (χ1v) is 13.2. The fourth-order valence-corrected chi connectivity index (χ4v) is 5.20. The van der Waals surface area contributed by atoms with E-state index in [0.717, 1.165) is 43.2 Å². The second-order valence-corrected chi connectivity index (χ2v) is 10.0. The molecule has 0 bridgehead atoms. The zero-order valence-electron chi connectivity index (χ0n) is 21.4.